The van der Waals surface area contributed by atoms with Crippen molar-refractivity contribution in [2.45, 2.75) is 0 Å². The first kappa shape index (κ1) is 20.5. The molecule has 2 aromatic rings. The van der Waals surface area contributed by atoms with Gasteiger partial charge in [0.15, 0.2) is 5.17 Å². The first-order valence-electron chi connectivity index (χ1n) is 8.86. The van der Waals surface area contributed by atoms with Crippen molar-refractivity contribution in [2.24, 2.45) is 4.99 Å². The fraction of sp³-hybridized carbons (Fsp3) is 0.182. The van der Waals surface area contributed by atoms with Crippen molar-refractivity contribution in [3.8, 4) is 17.2 Å². The van der Waals surface area contributed by atoms with Gasteiger partial charge in [0.05, 0.1) is 27.0 Å². The zero-order valence-electron chi connectivity index (χ0n) is 16.5. The van der Waals surface area contributed by atoms with Gasteiger partial charge in [-0.25, -0.2) is 4.99 Å². The maximum absolute atomic E-state index is 13.2. The Kier molecular flexibility index (Phi) is 6.61. The molecule has 150 valence electrons. The molecule has 1 amide bonds. The number of benzene rings is 2. The van der Waals surface area contributed by atoms with Crippen LogP contribution in [0.15, 0.2) is 65.8 Å². The van der Waals surface area contributed by atoms with E-state index in [1.165, 1.54) is 11.8 Å². The number of hydrogen-bond donors (Lipinski definition) is 0. The molecule has 2 aromatic carbocycles. The van der Waals surface area contributed by atoms with Crippen molar-refractivity contribution < 1.29 is 19.0 Å². The van der Waals surface area contributed by atoms with E-state index in [1.54, 1.807) is 44.4 Å². The van der Waals surface area contributed by atoms with Crippen LogP contribution < -0.4 is 19.1 Å². The van der Waals surface area contributed by atoms with E-state index in [0.717, 1.165) is 17.0 Å². The molecule has 0 N–H and O–H groups in total. The second-order valence-electron chi connectivity index (χ2n) is 5.97. The van der Waals surface area contributed by atoms with Crippen molar-refractivity contribution in [1.82, 2.24) is 0 Å². The molecule has 0 saturated heterocycles. The summed E-state index contributed by atoms with van der Waals surface area (Å²) < 4.78 is 15.9. The Morgan fingerprint density at radius 3 is 2.34 bits per heavy atom. The third-order valence-corrected chi connectivity index (χ3v) is 5.16. The lowest BCUT2D eigenvalue weighted by molar-refractivity contribution is -0.113. The monoisotopic (exact) mass is 410 g/mol. The molecule has 0 unspecified atom stereocenters. The maximum Gasteiger partial charge on any atom is 0.283 e. The van der Waals surface area contributed by atoms with Crippen molar-refractivity contribution in [3.63, 3.8) is 0 Å². The second kappa shape index (κ2) is 9.34. The zero-order chi connectivity index (χ0) is 20.8. The van der Waals surface area contributed by atoms with Gasteiger partial charge in [-0.3, -0.25) is 9.69 Å². The van der Waals surface area contributed by atoms with Crippen LogP contribution in [0.1, 0.15) is 5.56 Å². The van der Waals surface area contributed by atoms with Crippen LogP contribution in [0.3, 0.4) is 0 Å². The van der Waals surface area contributed by atoms with Gasteiger partial charge in [0.1, 0.15) is 22.9 Å². The highest BCUT2D eigenvalue weighted by Gasteiger charge is 2.32. The average Bonchev–Trinajstić information content (AvgIpc) is 3.07. The smallest absolute Gasteiger partial charge is 0.283 e. The van der Waals surface area contributed by atoms with Crippen LogP contribution in [0.2, 0.25) is 0 Å². The van der Waals surface area contributed by atoms with Crippen LogP contribution in [-0.2, 0) is 4.79 Å². The normalized spacial score (nSPS) is 14.7. The Bertz CT molecular complexity index is 967. The number of ether oxygens (including phenoxy) is 3. The molecule has 1 aliphatic heterocycles. The van der Waals surface area contributed by atoms with E-state index in [2.05, 4.69) is 11.6 Å². The first-order chi connectivity index (χ1) is 14.1. The molecule has 0 bridgehead atoms. The molecular weight excluding hydrogens is 388 g/mol. The Hall–Kier alpha value is -3.19. The third kappa shape index (κ3) is 4.46. The minimum absolute atomic E-state index is 0.209. The molecule has 0 atom stereocenters. The lowest BCUT2D eigenvalue weighted by atomic mass is 10.1. The predicted octanol–water partition coefficient (Wildman–Crippen LogP) is 4.38. The molecule has 3 rings (SSSR count). The average molecular weight is 410 g/mol. The first-order valence-corrected chi connectivity index (χ1v) is 9.84. The Labute approximate surface area is 174 Å². The maximum atomic E-state index is 13.2. The number of anilines is 1. The van der Waals surface area contributed by atoms with Gasteiger partial charge in [0.2, 0.25) is 0 Å². The highest BCUT2D eigenvalue weighted by molar-refractivity contribution is 8.14. The minimum atomic E-state index is -0.209. The number of amides is 1. The molecule has 1 aliphatic rings. The largest absolute Gasteiger partial charge is 0.497 e. The summed E-state index contributed by atoms with van der Waals surface area (Å²) in [7, 11) is 4.77. The minimum Gasteiger partial charge on any atom is -0.497 e. The van der Waals surface area contributed by atoms with Crippen LogP contribution in [0.25, 0.3) is 6.08 Å². The summed E-state index contributed by atoms with van der Waals surface area (Å²) >= 11 is 1.44. The van der Waals surface area contributed by atoms with Gasteiger partial charge in [0, 0.05) is 17.4 Å². The molecule has 0 aliphatic carbocycles. The topological polar surface area (TPSA) is 60.4 Å². The van der Waals surface area contributed by atoms with E-state index in [4.69, 9.17) is 14.2 Å². The van der Waals surface area contributed by atoms with Crippen LogP contribution in [-0.4, -0.2) is 38.2 Å². The van der Waals surface area contributed by atoms with Gasteiger partial charge in [0.25, 0.3) is 5.91 Å². The summed E-state index contributed by atoms with van der Waals surface area (Å²) in [5, 5.41) is 0.596. The van der Waals surface area contributed by atoms with Crippen LogP contribution >= 0.6 is 11.8 Å². The van der Waals surface area contributed by atoms with E-state index < -0.39 is 0 Å². The van der Waals surface area contributed by atoms with Crippen LogP contribution in [0, 0.1) is 0 Å². The Morgan fingerprint density at radius 2 is 1.72 bits per heavy atom. The third-order valence-electron chi connectivity index (χ3n) is 4.22. The number of nitrogens with zero attached hydrogens (tertiary/aromatic N) is 2. The zero-order valence-corrected chi connectivity index (χ0v) is 17.4. The fourth-order valence-electron chi connectivity index (χ4n) is 2.77. The molecule has 0 spiro atoms. The molecule has 29 heavy (non-hydrogen) atoms. The summed E-state index contributed by atoms with van der Waals surface area (Å²) in [5.41, 5.74) is 1.79. The SMILES string of the molecule is C=CCSC1=N/C(=C\c2ccc(OC)cc2OC)C(=O)N1c1ccc(OC)cc1. The van der Waals surface area contributed by atoms with Crippen molar-refractivity contribution >= 4 is 34.6 Å². The lowest BCUT2D eigenvalue weighted by Gasteiger charge is -2.17. The van der Waals surface area contributed by atoms with Gasteiger partial charge in [-0.15, -0.1) is 6.58 Å². The number of methoxy groups -OCH3 is 3. The summed E-state index contributed by atoms with van der Waals surface area (Å²) in [6.45, 7) is 3.75. The Balaban J connectivity index is 1.99. The molecule has 0 saturated carbocycles. The van der Waals surface area contributed by atoms with E-state index >= 15 is 0 Å². The van der Waals surface area contributed by atoms with Gasteiger partial charge in [-0.2, -0.15) is 0 Å². The number of thioether (sulfide) groups is 1. The van der Waals surface area contributed by atoms with Crippen LogP contribution in [0.4, 0.5) is 5.69 Å². The van der Waals surface area contributed by atoms with Gasteiger partial charge in [-0.1, -0.05) is 17.8 Å². The second-order valence-corrected chi connectivity index (χ2v) is 6.96. The number of amidine groups is 1. The molecule has 0 aromatic heterocycles. The number of carbonyl (C=O) groups is 1. The van der Waals surface area contributed by atoms with Gasteiger partial charge >= 0.3 is 0 Å². The van der Waals surface area contributed by atoms with Gasteiger partial charge < -0.3 is 14.2 Å². The molecule has 6 nitrogen and oxygen atoms in total. The number of aliphatic imine (C=N–C) groups is 1. The summed E-state index contributed by atoms with van der Waals surface area (Å²) in [6, 6.07) is 12.7. The number of rotatable bonds is 7. The van der Waals surface area contributed by atoms with Crippen molar-refractivity contribution in [2.75, 3.05) is 32.0 Å². The molecule has 7 heteroatoms. The number of hydrogen-bond acceptors (Lipinski definition) is 6. The summed E-state index contributed by atoms with van der Waals surface area (Å²) in [4.78, 5) is 19.3. The standard InChI is InChI=1S/C22H22N2O4S/c1-5-12-29-22-23-19(13-15-6-9-18(27-3)14-20(15)28-4)21(25)24(22)16-7-10-17(26-2)11-8-16/h5-11,13-14H,1,12H2,2-4H3/b19-13-. The molecule has 1 heterocycles. The summed E-state index contributed by atoms with van der Waals surface area (Å²) in [6.07, 6.45) is 3.50. The molecular formula is C22H22N2O4S. The highest BCUT2D eigenvalue weighted by atomic mass is 32.2. The predicted molar refractivity (Wildman–Crippen MR) is 118 cm³/mol. The fourth-order valence-corrected chi connectivity index (χ4v) is 3.52. The number of carbonyl (C=O) groups excluding carboxylic acids is 1. The van der Waals surface area contributed by atoms with Crippen molar-refractivity contribution in [3.05, 3.63) is 66.4 Å². The van der Waals surface area contributed by atoms with E-state index in [9.17, 15) is 4.79 Å². The van der Waals surface area contributed by atoms with E-state index in [-0.39, 0.29) is 5.91 Å². The summed E-state index contributed by atoms with van der Waals surface area (Å²) in [5.74, 6) is 2.42. The quantitative estimate of drug-likeness (QED) is 0.501. The molecule has 0 fully saturated rings. The lowest BCUT2D eigenvalue weighted by Crippen LogP contribution is -2.30. The van der Waals surface area contributed by atoms with E-state index in [1.807, 2.05) is 36.4 Å². The van der Waals surface area contributed by atoms with E-state index in [0.29, 0.717) is 28.1 Å². The Morgan fingerprint density at radius 1 is 1.03 bits per heavy atom. The van der Waals surface area contributed by atoms with Crippen LogP contribution in [0.5, 0.6) is 17.2 Å². The highest BCUT2D eigenvalue weighted by Crippen LogP contribution is 2.32. The van der Waals surface area contributed by atoms with Crippen molar-refractivity contribution in [1.29, 1.82) is 0 Å². The van der Waals surface area contributed by atoms with Gasteiger partial charge in [-0.05, 0) is 42.5 Å². The molecule has 0 radical (unpaired) electrons.